The monoisotopic (exact) mass is 425 g/mol. The second-order valence-electron chi connectivity index (χ2n) is 5.72. The Hall–Kier alpha value is -2.55. The Labute approximate surface area is 162 Å². The third-order valence-electron chi connectivity index (χ3n) is 3.67. The Morgan fingerprint density at radius 1 is 0.885 bits per heavy atom. The molecule has 0 aliphatic rings. The zero-order valence-electron chi connectivity index (χ0n) is 14.0. The highest BCUT2D eigenvalue weighted by Crippen LogP contribution is 2.23. The van der Waals surface area contributed by atoms with Crippen LogP contribution in [0.2, 0.25) is 0 Å². The van der Waals surface area contributed by atoms with Crippen molar-refractivity contribution in [3.05, 3.63) is 94.0 Å². The predicted molar refractivity (Wildman–Crippen MR) is 109 cm³/mol. The standard InChI is InChI=1S/C21H16BrNO2S/c1-16-7-12-20(13-8-16)26(24,25)23-21-14-11-19(22)15-18(21)10-9-17-5-3-2-4-6-17/h2-8,11-15,23H,1H3. The SMILES string of the molecule is Cc1ccc(S(=O)(=O)Nc2ccc(Br)cc2C#Cc2ccccc2)cc1. The van der Waals surface area contributed by atoms with Gasteiger partial charge in [0.1, 0.15) is 0 Å². The molecule has 1 N–H and O–H groups in total. The Morgan fingerprint density at radius 3 is 2.27 bits per heavy atom. The molecule has 26 heavy (non-hydrogen) atoms. The summed E-state index contributed by atoms with van der Waals surface area (Å²) in [4.78, 5) is 0.216. The summed E-state index contributed by atoms with van der Waals surface area (Å²) in [6.07, 6.45) is 0. The molecule has 0 atom stereocenters. The second kappa shape index (κ2) is 7.77. The molecular weight excluding hydrogens is 410 g/mol. The van der Waals surface area contributed by atoms with E-state index in [4.69, 9.17) is 0 Å². The number of hydrogen-bond donors (Lipinski definition) is 1. The summed E-state index contributed by atoms with van der Waals surface area (Å²) >= 11 is 3.41. The summed E-state index contributed by atoms with van der Waals surface area (Å²) in [5, 5.41) is 0. The molecule has 0 saturated carbocycles. The van der Waals surface area contributed by atoms with Gasteiger partial charge < -0.3 is 0 Å². The van der Waals surface area contributed by atoms with E-state index in [0.717, 1.165) is 15.6 Å². The van der Waals surface area contributed by atoms with Gasteiger partial charge in [-0.15, -0.1) is 0 Å². The van der Waals surface area contributed by atoms with E-state index in [9.17, 15) is 8.42 Å². The van der Waals surface area contributed by atoms with Crippen molar-refractivity contribution in [1.82, 2.24) is 0 Å². The van der Waals surface area contributed by atoms with Crippen LogP contribution in [0.1, 0.15) is 16.7 Å². The predicted octanol–water partition coefficient (Wildman–Crippen LogP) is 4.96. The van der Waals surface area contributed by atoms with Gasteiger partial charge in [0.05, 0.1) is 16.1 Å². The maximum absolute atomic E-state index is 12.7. The van der Waals surface area contributed by atoms with Crippen LogP contribution in [0.4, 0.5) is 5.69 Å². The van der Waals surface area contributed by atoms with Crippen molar-refractivity contribution < 1.29 is 8.42 Å². The molecule has 0 aromatic heterocycles. The minimum absolute atomic E-state index is 0.216. The van der Waals surface area contributed by atoms with Gasteiger partial charge in [0, 0.05) is 10.0 Å². The topological polar surface area (TPSA) is 46.2 Å². The number of anilines is 1. The van der Waals surface area contributed by atoms with Crippen molar-refractivity contribution in [3.8, 4) is 11.8 Å². The molecule has 0 saturated heterocycles. The maximum atomic E-state index is 12.7. The van der Waals surface area contributed by atoms with E-state index in [1.165, 1.54) is 0 Å². The van der Waals surface area contributed by atoms with Gasteiger partial charge in [-0.05, 0) is 49.4 Å². The summed E-state index contributed by atoms with van der Waals surface area (Å²) in [7, 11) is -3.68. The number of rotatable bonds is 3. The Morgan fingerprint density at radius 2 is 1.58 bits per heavy atom. The molecule has 0 aliphatic heterocycles. The molecule has 0 aliphatic carbocycles. The van der Waals surface area contributed by atoms with Gasteiger partial charge in [0.25, 0.3) is 10.0 Å². The van der Waals surface area contributed by atoms with Gasteiger partial charge in [-0.2, -0.15) is 0 Å². The zero-order valence-corrected chi connectivity index (χ0v) is 16.4. The fraction of sp³-hybridized carbons (Fsp3) is 0.0476. The normalized spacial score (nSPS) is 10.7. The molecule has 0 fully saturated rings. The van der Waals surface area contributed by atoms with E-state index in [-0.39, 0.29) is 4.90 Å². The van der Waals surface area contributed by atoms with Crippen LogP contribution >= 0.6 is 15.9 Å². The number of benzene rings is 3. The van der Waals surface area contributed by atoms with Crippen LogP contribution in [-0.4, -0.2) is 8.42 Å². The average Bonchev–Trinajstić information content (AvgIpc) is 2.63. The Kier molecular flexibility index (Phi) is 5.46. The van der Waals surface area contributed by atoms with Gasteiger partial charge in [0.15, 0.2) is 0 Å². The van der Waals surface area contributed by atoms with Crippen molar-refractivity contribution in [2.45, 2.75) is 11.8 Å². The number of hydrogen-bond acceptors (Lipinski definition) is 2. The van der Waals surface area contributed by atoms with Crippen molar-refractivity contribution >= 4 is 31.6 Å². The molecule has 3 aromatic carbocycles. The average molecular weight is 426 g/mol. The van der Waals surface area contributed by atoms with Gasteiger partial charge in [0.2, 0.25) is 0 Å². The van der Waals surface area contributed by atoms with Crippen LogP contribution in [0.5, 0.6) is 0 Å². The van der Waals surface area contributed by atoms with Gasteiger partial charge >= 0.3 is 0 Å². The highest BCUT2D eigenvalue weighted by Gasteiger charge is 2.15. The lowest BCUT2D eigenvalue weighted by Crippen LogP contribution is -2.13. The first kappa shape index (κ1) is 18.2. The molecule has 130 valence electrons. The number of nitrogens with one attached hydrogen (secondary N) is 1. The lowest BCUT2D eigenvalue weighted by molar-refractivity contribution is 0.601. The molecule has 0 amide bonds. The zero-order chi connectivity index (χ0) is 18.6. The van der Waals surface area contributed by atoms with E-state index in [0.29, 0.717) is 11.3 Å². The molecule has 0 spiro atoms. The number of aryl methyl sites for hydroxylation is 1. The molecule has 0 bridgehead atoms. The quantitative estimate of drug-likeness (QED) is 0.602. The van der Waals surface area contributed by atoms with E-state index in [1.807, 2.05) is 37.3 Å². The second-order valence-corrected chi connectivity index (χ2v) is 8.32. The first-order valence-corrected chi connectivity index (χ1v) is 10.2. The molecule has 0 unspecified atom stereocenters. The molecule has 0 heterocycles. The Balaban J connectivity index is 1.96. The van der Waals surface area contributed by atoms with E-state index in [2.05, 4.69) is 32.5 Å². The van der Waals surface area contributed by atoms with Crippen LogP contribution in [0, 0.1) is 18.8 Å². The summed E-state index contributed by atoms with van der Waals surface area (Å²) in [5.41, 5.74) is 2.90. The van der Waals surface area contributed by atoms with Crippen LogP contribution in [0.3, 0.4) is 0 Å². The smallest absolute Gasteiger partial charge is 0.261 e. The van der Waals surface area contributed by atoms with Crippen LogP contribution in [-0.2, 0) is 10.0 Å². The fourth-order valence-electron chi connectivity index (χ4n) is 2.29. The summed E-state index contributed by atoms with van der Waals surface area (Å²) in [5.74, 6) is 6.10. The highest BCUT2D eigenvalue weighted by atomic mass is 79.9. The van der Waals surface area contributed by atoms with Crippen LogP contribution in [0.25, 0.3) is 0 Å². The first-order valence-electron chi connectivity index (χ1n) is 7.90. The van der Waals surface area contributed by atoms with Crippen LogP contribution < -0.4 is 4.72 Å². The van der Waals surface area contributed by atoms with Crippen LogP contribution in [0.15, 0.2) is 82.2 Å². The minimum Gasteiger partial charge on any atom is -0.278 e. The largest absolute Gasteiger partial charge is 0.278 e. The van der Waals surface area contributed by atoms with Crippen molar-refractivity contribution in [2.24, 2.45) is 0 Å². The molecule has 3 aromatic rings. The first-order chi connectivity index (χ1) is 12.4. The van der Waals surface area contributed by atoms with E-state index < -0.39 is 10.0 Å². The van der Waals surface area contributed by atoms with Crippen molar-refractivity contribution in [1.29, 1.82) is 0 Å². The molecular formula is C21H16BrNO2S. The minimum atomic E-state index is -3.68. The van der Waals surface area contributed by atoms with Gasteiger partial charge in [-0.25, -0.2) is 8.42 Å². The fourth-order valence-corrected chi connectivity index (χ4v) is 3.73. The lowest BCUT2D eigenvalue weighted by Gasteiger charge is -2.10. The lowest BCUT2D eigenvalue weighted by atomic mass is 10.1. The highest BCUT2D eigenvalue weighted by molar-refractivity contribution is 9.10. The molecule has 0 radical (unpaired) electrons. The van der Waals surface area contributed by atoms with E-state index >= 15 is 0 Å². The van der Waals surface area contributed by atoms with Crippen molar-refractivity contribution in [2.75, 3.05) is 4.72 Å². The molecule has 3 nitrogen and oxygen atoms in total. The van der Waals surface area contributed by atoms with Crippen molar-refractivity contribution in [3.63, 3.8) is 0 Å². The summed E-state index contributed by atoms with van der Waals surface area (Å²) < 4.78 is 28.8. The maximum Gasteiger partial charge on any atom is 0.261 e. The number of sulfonamides is 1. The Bertz CT molecular complexity index is 1080. The third-order valence-corrected chi connectivity index (χ3v) is 5.55. The third kappa shape index (κ3) is 4.54. The van der Waals surface area contributed by atoms with Gasteiger partial charge in [-0.3, -0.25) is 4.72 Å². The summed E-state index contributed by atoms with van der Waals surface area (Å²) in [6.45, 7) is 1.91. The molecule has 3 rings (SSSR count). The number of halogens is 1. The summed E-state index contributed by atoms with van der Waals surface area (Å²) in [6, 6.07) is 21.5. The molecule has 5 heteroatoms. The van der Waals surface area contributed by atoms with Gasteiger partial charge in [-0.1, -0.05) is 63.7 Å². The van der Waals surface area contributed by atoms with E-state index in [1.54, 1.807) is 42.5 Å².